The molecule has 0 radical (unpaired) electrons. The van der Waals surface area contributed by atoms with E-state index in [9.17, 15) is 4.79 Å². The van der Waals surface area contributed by atoms with Gasteiger partial charge in [0.1, 0.15) is 5.60 Å². The van der Waals surface area contributed by atoms with Gasteiger partial charge in [0.05, 0.1) is 0 Å². The molecule has 2 unspecified atom stereocenters. The van der Waals surface area contributed by atoms with Gasteiger partial charge in [0.25, 0.3) is 0 Å². The predicted molar refractivity (Wildman–Crippen MR) is 79.6 cm³/mol. The zero-order valence-electron chi connectivity index (χ0n) is 13.1. The van der Waals surface area contributed by atoms with E-state index in [1.54, 1.807) is 0 Å². The predicted octanol–water partition coefficient (Wildman–Crippen LogP) is 1.67. The van der Waals surface area contributed by atoms with Crippen LogP contribution in [0.2, 0.25) is 0 Å². The van der Waals surface area contributed by atoms with Gasteiger partial charge in [0.15, 0.2) is 0 Å². The first-order chi connectivity index (χ1) is 9.40. The Labute approximate surface area is 122 Å². The fourth-order valence-electron chi connectivity index (χ4n) is 3.22. The summed E-state index contributed by atoms with van der Waals surface area (Å²) in [6.45, 7) is 10.1. The number of carbonyl (C=O) groups excluding carboxylic acids is 1. The highest BCUT2D eigenvalue weighted by atomic mass is 16.6. The molecule has 0 aliphatic carbocycles. The minimum absolute atomic E-state index is 0.199. The number of nitrogens with zero attached hydrogens (tertiary/aromatic N) is 2. The van der Waals surface area contributed by atoms with E-state index in [1.807, 2.05) is 25.7 Å². The summed E-state index contributed by atoms with van der Waals surface area (Å²) in [5, 5.41) is 0. The van der Waals surface area contributed by atoms with Crippen molar-refractivity contribution in [3.05, 3.63) is 0 Å². The molecule has 0 aromatic carbocycles. The summed E-state index contributed by atoms with van der Waals surface area (Å²) in [6.07, 6.45) is 3.66. The fraction of sp³-hybridized carbons (Fsp3) is 0.933. The van der Waals surface area contributed by atoms with Gasteiger partial charge in [-0.25, -0.2) is 4.79 Å². The van der Waals surface area contributed by atoms with Crippen molar-refractivity contribution in [1.29, 1.82) is 0 Å². The van der Waals surface area contributed by atoms with Gasteiger partial charge in [-0.1, -0.05) is 6.42 Å². The number of nitrogens with two attached hydrogens (primary N) is 1. The molecule has 2 rings (SSSR count). The lowest BCUT2D eigenvalue weighted by atomic mass is 9.99. The van der Waals surface area contributed by atoms with E-state index in [1.165, 1.54) is 19.3 Å². The van der Waals surface area contributed by atoms with Crippen LogP contribution < -0.4 is 5.73 Å². The van der Waals surface area contributed by atoms with E-state index < -0.39 is 5.60 Å². The molecule has 0 aromatic rings. The molecule has 116 valence electrons. The molecule has 5 heteroatoms. The first-order valence-electron chi connectivity index (χ1n) is 7.83. The van der Waals surface area contributed by atoms with Crippen molar-refractivity contribution < 1.29 is 9.53 Å². The monoisotopic (exact) mass is 283 g/mol. The minimum Gasteiger partial charge on any atom is -0.444 e. The Hall–Kier alpha value is -0.810. The van der Waals surface area contributed by atoms with Gasteiger partial charge < -0.3 is 15.4 Å². The summed E-state index contributed by atoms with van der Waals surface area (Å²) in [4.78, 5) is 16.5. The molecule has 1 amide bonds. The summed E-state index contributed by atoms with van der Waals surface area (Å²) in [5.41, 5.74) is 5.48. The van der Waals surface area contributed by atoms with Gasteiger partial charge in [-0.2, -0.15) is 0 Å². The zero-order valence-corrected chi connectivity index (χ0v) is 13.1. The van der Waals surface area contributed by atoms with Gasteiger partial charge in [-0.3, -0.25) is 4.90 Å². The normalized spacial score (nSPS) is 28.7. The molecule has 0 spiro atoms. The quantitative estimate of drug-likeness (QED) is 0.837. The van der Waals surface area contributed by atoms with Crippen molar-refractivity contribution in [2.45, 2.75) is 51.7 Å². The van der Waals surface area contributed by atoms with Crippen LogP contribution in [0.5, 0.6) is 0 Å². The third-order valence-corrected chi connectivity index (χ3v) is 4.22. The second-order valence-corrected chi connectivity index (χ2v) is 7.05. The number of ether oxygens (including phenoxy) is 1. The van der Waals surface area contributed by atoms with Crippen molar-refractivity contribution in [2.24, 2.45) is 11.7 Å². The average Bonchev–Trinajstić information content (AvgIpc) is 2.82. The maximum Gasteiger partial charge on any atom is 0.410 e. The van der Waals surface area contributed by atoms with E-state index in [0.29, 0.717) is 18.5 Å². The van der Waals surface area contributed by atoms with Crippen LogP contribution in [-0.4, -0.2) is 60.3 Å². The molecule has 20 heavy (non-hydrogen) atoms. The molecule has 2 atom stereocenters. The van der Waals surface area contributed by atoms with Crippen LogP contribution in [0, 0.1) is 5.92 Å². The summed E-state index contributed by atoms with van der Waals surface area (Å²) in [5.74, 6) is 0.376. The molecule has 2 N–H and O–H groups in total. The number of rotatable bonds is 2. The molecule has 2 fully saturated rings. The molecule has 5 nitrogen and oxygen atoms in total. The Morgan fingerprint density at radius 1 is 1.20 bits per heavy atom. The van der Waals surface area contributed by atoms with E-state index in [-0.39, 0.29) is 6.09 Å². The van der Waals surface area contributed by atoms with Crippen molar-refractivity contribution in [3.8, 4) is 0 Å². The molecule has 2 aliphatic rings. The summed E-state index contributed by atoms with van der Waals surface area (Å²) in [6, 6.07) is 0.410. The average molecular weight is 283 g/mol. The first-order valence-corrected chi connectivity index (χ1v) is 7.83. The highest BCUT2D eigenvalue weighted by Crippen LogP contribution is 2.25. The van der Waals surface area contributed by atoms with Crippen LogP contribution in [0.25, 0.3) is 0 Å². The molecular formula is C15H29N3O2. The van der Waals surface area contributed by atoms with E-state index in [0.717, 1.165) is 26.2 Å². The van der Waals surface area contributed by atoms with E-state index in [4.69, 9.17) is 10.5 Å². The lowest BCUT2D eigenvalue weighted by molar-refractivity contribution is 0.0276. The van der Waals surface area contributed by atoms with Crippen molar-refractivity contribution in [3.63, 3.8) is 0 Å². The largest absolute Gasteiger partial charge is 0.444 e. The van der Waals surface area contributed by atoms with Gasteiger partial charge in [-0.05, 0) is 53.2 Å². The molecular weight excluding hydrogens is 254 g/mol. The maximum atomic E-state index is 12.2. The van der Waals surface area contributed by atoms with Crippen LogP contribution in [0.4, 0.5) is 4.79 Å². The Balaban J connectivity index is 1.96. The standard InChI is InChI=1S/C15H29N3O2/c1-15(2,3)20-14(19)18-10-12(9-16)13(11-18)17-7-5-4-6-8-17/h12-13H,4-11,16H2,1-3H3. The molecule has 0 aromatic heterocycles. The number of amides is 1. The highest BCUT2D eigenvalue weighted by Gasteiger charge is 2.39. The van der Waals surface area contributed by atoms with Crippen LogP contribution in [-0.2, 0) is 4.74 Å². The first kappa shape index (κ1) is 15.6. The Morgan fingerprint density at radius 2 is 1.85 bits per heavy atom. The molecule has 0 saturated carbocycles. The van der Waals surface area contributed by atoms with Gasteiger partial charge in [0.2, 0.25) is 0 Å². The van der Waals surface area contributed by atoms with Crippen LogP contribution in [0.15, 0.2) is 0 Å². The van der Waals surface area contributed by atoms with E-state index >= 15 is 0 Å². The third kappa shape index (κ3) is 3.85. The van der Waals surface area contributed by atoms with Crippen molar-refractivity contribution in [1.82, 2.24) is 9.80 Å². The Kier molecular flexibility index (Phi) is 4.91. The highest BCUT2D eigenvalue weighted by molar-refractivity contribution is 5.68. The molecule has 2 heterocycles. The lowest BCUT2D eigenvalue weighted by Gasteiger charge is -2.34. The second-order valence-electron chi connectivity index (χ2n) is 7.05. The number of hydrogen-bond donors (Lipinski definition) is 1. The Bertz CT molecular complexity index is 335. The van der Waals surface area contributed by atoms with Gasteiger partial charge >= 0.3 is 6.09 Å². The summed E-state index contributed by atoms with van der Waals surface area (Å²) in [7, 11) is 0. The number of hydrogen-bond acceptors (Lipinski definition) is 4. The number of piperidine rings is 1. The van der Waals surface area contributed by atoms with Gasteiger partial charge in [-0.15, -0.1) is 0 Å². The summed E-state index contributed by atoms with van der Waals surface area (Å²) < 4.78 is 5.48. The van der Waals surface area contributed by atoms with Crippen molar-refractivity contribution in [2.75, 3.05) is 32.7 Å². The van der Waals surface area contributed by atoms with Crippen molar-refractivity contribution >= 4 is 6.09 Å². The smallest absolute Gasteiger partial charge is 0.410 e. The van der Waals surface area contributed by atoms with Crippen LogP contribution in [0.1, 0.15) is 40.0 Å². The minimum atomic E-state index is -0.432. The summed E-state index contributed by atoms with van der Waals surface area (Å²) >= 11 is 0. The molecule has 2 saturated heterocycles. The third-order valence-electron chi connectivity index (χ3n) is 4.22. The Morgan fingerprint density at radius 3 is 2.40 bits per heavy atom. The van der Waals surface area contributed by atoms with Gasteiger partial charge in [0, 0.05) is 25.0 Å². The second kappa shape index (κ2) is 6.31. The van der Waals surface area contributed by atoms with Crippen LogP contribution >= 0.6 is 0 Å². The molecule has 0 bridgehead atoms. The topological polar surface area (TPSA) is 58.8 Å². The lowest BCUT2D eigenvalue weighted by Crippen LogP contribution is -2.45. The fourth-order valence-corrected chi connectivity index (χ4v) is 3.22. The molecule has 2 aliphatic heterocycles. The maximum absolute atomic E-state index is 12.2. The van der Waals surface area contributed by atoms with E-state index in [2.05, 4.69) is 4.90 Å². The zero-order chi connectivity index (χ0) is 14.8. The number of carbonyl (C=O) groups is 1. The SMILES string of the molecule is CC(C)(C)OC(=O)N1CC(CN)C(N2CCCCC2)C1. The number of likely N-dealkylation sites (tertiary alicyclic amines) is 2. The van der Waals surface area contributed by atoms with Crippen LogP contribution in [0.3, 0.4) is 0 Å².